The van der Waals surface area contributed by atoms with Gasteiger partial charge in [0, 0.05) is 30.2 Å². The van der Waals surface area contributed by atoms with E-state index in [1.165, 1.54) is 11.0 Å². The molecule has 1 fully saturated rings. The summed E-state index contributed by atoms with van der Waals surface area (Å²) < 4.78 is 7.43. The number of carbonyl (C=O) groups excluding carboxylic acids is 1. The van der Waals surface area contributed by atoms with Crippen LogP contribution < -0.4 is 10.2 Å². The highest BCUT2D eigenvalue weighted by atomic mass is 35.5. The van der Waals surface area contributed by atoms with E-state index in [-0.39, 0.29) is 5.91 Å². The van der Waals surface area contributed by atoms with Crippen LogP contribution in [0.2, 0.25) is 5.02 Å². The lowest BCUT2D eigenvalue weighted by molar-refractivity contribution is -0.111. The number of thiazole rings is 1. The third-order valence-corrected chi connectivity index (χ3v) is 5.83. The topological polar surface area (TPSA) is 58.9 Å². The number of hydrogen-bond acceptors (Lipinski definition) is 5. The van der Waals surface area contributed by atoms with E-state index in [0.29, 0.717) is 23.9 Å². The lowest BCUT2D eigenvalue weighted by atomic mass is 10.2. The third-order valence-electron chi connectivity index (χ3n) is 4.63. The predicted molar refractivity (Wildman–Crippen MR) is 115 cm³/mol. The van der Waals surface area contributed by atoms with Crippen LogP contribution in [0.5, 0.6) is 0 Å². The molecule has 146 valence electrons. The Bertz CT molecular complexity index is 1050. The molecule has 8 heteroatoms. The van der Waals surface area contributed by atoms with Gasteiger partial charge in [-0.1, -0.05) is 17.7 Å². The molecule has 2 aromatic heterocycles. The molecule has 3 aromatic rings. The first-order valence-corrected chi connectivity index (χ1v) is 10.3. The van der Waals surface area contributed by atoms with Gasteiger partial charge in [-0.15, -0.1) is 11.3 Å². The van der Waals surface area contributed by atoms with Crippen molar-refractivity contribution in [1.29, 1.82) is 0 Å². The predicted octanol–water partition coefficient (Wildman–Crippen LogP) is 4.15. The molecule has 0 atom stereocenters. The molecule has 28 heavy (non-hydrogen) atoms. The van der Waals surface area contributed by atoms with E-state index < -0.39 is 0 Å². The third kappa shape index (κ3) is 3.78. The number of hydrogen-bond donors (Lipinski definition) is 1. The second-order valence-corrected chi connectivity index (χ2v) is 8.26. The van der Waals surface area contributed by atoms with Gasteiger partial charge in [-0.3, -0.25) is 9.20 Å². The van der Waals surface area contributed by atoms with Crippen molar-refractivity contribution < 1.29 is 9.53 Å². The number of morpholine rings is 1. The molecule has 1 aliphatic heterocycles. The van der Waals surface area contributed by atoms with E-state index in [4.69, 9.17) is 16.3 Å². The number of rotatable bonds is 4. The molecular weight excluding hydrogens is 396 g/mol. The van der Waals surface area contributed by atoms with Crippen molar-refractivity contribution in [3.05, 3.63) is 51.8 Å². The van der Waals surface area contributed by atoms with Crippen LogP contribution in [0.25, 0.3) is 11.0 Å². The Kier molecular flexibility index (Phi) is 5.39. The van der Waals surface area contributed by atoms with Crippen LogP contribution >= 0.6 is 22.9 Å². The molecule has 3 heterocycles. The number of fused-ring (bicyclic) bond motifs is 1. The van der Waals surface area contributed by atoms with Crippen molar-refractivity contribution in [1.82, 2.24) is 9.38 Å². The van der Waals surface area contributed by atoms with Crippen LogP contribution in [0, 0.1) is 13.8 Å². The number of amides is 1. The number of nitrogens with zero attached hydrogens (tertiary/aromatic N) is 3. The molecule has 0 spiro atoms. The number of benzene rings is 1. The van der Waals surface area contributed by atoms with E-state index in [1.807, 2.05) is 42.6 Å². The van der Waals surface area contributed by atoms with E-state index in [2.05, 4.69) is 15.2 Å². The van der Waals surface area contributed by atoms with Gasteiger partial charge in [0.1, 0.15) is 0 Å². The first-order chi connectivity index (χ1) is 13.5. The maximum atomic E-state index is 12.6. The average Bonchev–Trinajstić information content (AvgIpc) is 3.15. The van der Waals surface area contributed by atoms with Crippen LogP contribution in [0.4, 0.5) is 11.4 Å². The summed E-state index contributed by atoms with van der Waals surface area (Å²) in [5.41, 5.74) is 3.34. The van der Waals surface area contributed by atoms with Crippen LogP contribution in [0.3, 0.4) is 0 Å². The Morgan fingerprint density at radius 2 is 2.11 bits per heavy atom. The number of aromatic nitrogens is 2. The minimum atomic E-state index is -0.210. The molecule has 0 aliphatic carbocycles. The summed E-state index contributed by atoms with van der Waals surface area (Å²) in [6, 6.07) is 5.54. The highest BCUT2D eigenvalue weighted by Gasteiger charge is 2.18. The molecule has 0 bridgehead atoms. The molecule has 4 rings (SSSR count). The van der Waals surface area contributed by atoms with Crippen molar-refractivity contribution in [3.63, 3.8) is 0 Å². The van der Waals surface area contributed by atoms with Crippen molar-refractivity contribution in [2.24, 2.45) is 0 Å². The van der Waals surface area contributed by atoms with E-state index in [0.717, 1.165) is 35.1 Å². The Morgan fingerprint density at radius 1 is 1.32 bits per heavy atom. The highest BCUT2D eigenvalue weighted by molar-refractivity contribution is 7.17. The Labute approximate surface area is 172 Å². The largest absolute Gasteiger partial charge is 0.378 e. The fourth-order valence-electron chi connectivity index (χ4n) is 3.34. The molecular formula is C20H21ClN4O2S. The van der Waals surface area contributed by atoms with Gasteiger partial charge in [-0.05, 0) is 32.1 Å². The zero-order valence-electron chi connectivity index (χ0n) is 15.7. The lowest BCUT2D eigenvalue weighted by Crippen LogP contribution is -2.37. The van der Waals surface area contributed by atoms with Crippen LogP contribution in [-0.2, 0) is 9.53 Å². The monoisotopic (exact) mass is 416 g/mol. The standard InChI is InChI=1S/C20H21ClN4O2S/c1-13-12-25-17(14(2)22-20(25)28-13)6-7-18(26)23-16-5-3-4-15(21)19(16)24-8-10-27-11-9-24/h3-7,12H,8-11H2,1-2H3,(H,23,26). The quantitative estimate of drug-likeness (QED) is 0.649. The van der Waals surface area contributed by atoms with Crippen molar-refractivity contribution >= 4 is 51.3 Å². The summed E-state index contributed by atoms with van der Waals surface area (Å²) >= 11 is 8.06. The summed E-state index contributed by atoms with van der Waals surface area (Å²) in [7, 11) is 0. The summed E-state index contributed by atoms with van der Waals surface area (Å²) in [5, 5.41) is 3.58. The van der Waals surface area contributed by atoms with Gasteiger partial charge in [0.15, 0.2) is 4.96 Å². The summed E-state index contributed by atoms with van der Waals surface area (Å²) in [4.78, 5) is 21.4. The minimum absolute atomic E-state index is 0.210. The number of ether oxygens (including phenoxy) is 1. The van der Waals surface area contributed by atoms with Gasteiger partial charge in [0.05, 0.1) is 41.0 Å². The molecule has 0 unspecified atom stereocenters. The Balaban J connectivity index is 1.56. The number of para-hydroxylation sites is 1. The number of aryl methyl sites for hydroxylation is 2. The van der Waals surface area contributed by atoms with E-state index in [9.17, 15) is 4.79 Å². The molecule has 1 aliphatic rings. The van der Waals surface area contributed by atoms with Gasteiger partial charge in [0.2, 0.25) is 5.91 Å². The minimum Gasteiger partial charge on any atom is -0.378 e. The van der Waals surface area contributed by atoms with Gasteiger partial charge in [-0.25, -0.2) is 4.98 Å². The molecule has 0 radical (unpaired) electrons. The maximum absolute atomic E-state index is 12.6. The highest BCUT2D eigenvalue weighted by Crippen LogP contribution is 2.34. The normalized spacial score (nSPS) is 14.9. The Morgan fingerprint density at radius 3 is 2.89 bits per heavy atom. The second-order valence-electron chi connectivity index (χ2n) is 6.63. The van der Waals surface area contributed by atoms with E-state index >= 15 is 0 Å². The number of carbonyl (C=O) groups is 1. The molecule has 0 saturated carbocycles. The zero-order valence-corrected chi connectivity index (χ0v) is 17.3. The first kappa shape index (κ1) is 19.0. The van der Waals surface area contributed by atoms with Crippen molar-refractivity contribution in [3.8, 4) is 0 Å². The molecule has 1 N–H and O–H groups in total. The number of nitrogens with one attached hydrogen (secondary N) is 1. The number of anilines is 2. The average molecular weight is 417 g/mol. The van der Waals surface area contributed by atoms with Gasteiger partial charge < -0.3 is 15.0 Å². The lowest BCUT2D eigenvalue weighted by Gasteiger charge is -2.31. The molecule has 1 amide bonds. The van der Waals surface area contributed by atoms with Crippen LogP contribution in [0.1, 0.15) is 16.3 Å². The summed E-state index contributed by atoms with van der Waals surface area (Å²) in [6.45, 7) is 6.77. The smallest absolute Gasteiger partial charge is 0.248 e. The number of halogens is 1. The SMILES string of the molecule is Cc1cn2c(C=CC(=O)Nc3cccc(Cl)c3N3CCOCC3)c(C)nc2s1. The molecule has 1 saturated heterocycles. The fraction of sp³-hybridized carbons (Fsp3) is 0.300. The van der Waals surface area contributed by atoms with Crippen LogP contribution in [0.15, 0.2) is 30.5 Å². The summed E-state index contributed by atoms with van der Waals surface area (Å²) in [5.74, 6) is -0.210. The molecule has 6 nitrogen and oxygen atoms in total. The van der Waals surface area contributed by atoms with Crippen LogP contribution in [-0.4, -0.2) is 41.6 Å². The van der Waals surface area contributed by atoms with Gasteiger partial charge in [-0.2, -0.15) is 0 Å². The first-order valence-electron chi connectivity index (χ1n) is 9.08. The van der Waals surface area contributed by atoms with Gasteiger partial charge >= 0.3 is 0 Å². The van der Waals surface area contributed by atoms with Gasteiger partial charge in [0.25, 0.3) is 0 Å². The summed E-state index contributed by atoms with van der Waals surface area (Å²) in [6.07, 6.45) is 5.37. The maximum Gasteiger partial charge on any atom is 0.248 e. The van der Waals surface area contributed by atoms with E-state index in [1.54, 1.807) is 17.4 Å². The molecule has 1 aromatic carbocycles. The second kappa shape index (κ2) is 7.95. The zero-order chi connectivity index (χ0) is 19.7. The number of imidazole rings is 1. The van der Waals surface area contributed by atoms with Crippen molar-refractivity contribution in [2.75, 3.05) is 36.5 Å². The fourth-order valence-corrected chi connectivity index (χ4v) is 4.51. The van der Waals surface area contributed by atoms with Crippen molar-refractivity contribution in [2.45, 2.75) is 13.8 Å². The Hall–Kier alpha value is -2.35.